The number of aliphatic hydroxyl groups is 1. The summed E-state index contributed by atoms with van der Waals surface area (Å²) in [4.78, 5) is 21.9. The number of fused-ring (bicyclic) bond motifs is 1. The Balaban J connectivity index is 1.84. The number of aryl methyl sites for hydroxylation is 1. The molecule has 3 rings (SSSR count). The first-order valence-corrected chi connectivity index (χ1v) is 11.5. The van der Waals surface area contributed by atoms with Crippen LogP contribution in [0, 0.1) is 12.8 Å². The number of carbonyl (C=O) groups excluding carboxylic acids is 1. The van der Waals surface area contributed by atoms with Crippen LogP contribution in [0.4, 0.5) is 0 Å². The quantitative estimate of drug-likeness (QED) is 0.144. The van der Waals surface area contributed by atoms with Crippen LogP contribution in [0.2, 0.25) is 0 Å². The predicted molar refractivity (Wildman–Crippen MR) is 135 cm³/mol. The Labute approximate surface area is 204 Å². The van der Waals surface area contributed by atoms with Crippen LogP contribution in [0.15, 0.2) is 58.8 Å². The largest absolute Gasteiger partial charge is 0.469 e. The number of aliphatic imine (C=N–C) groups is 1. The van der Waals surface area contributed by atoms with E-state index in [-0.39, 0.29) is 18.5 Å². The highest BCUT2D eigenvalue weighted by Crippen LogP contribution is 2.25. The molecule has 3 aromatic rings. The molecule has 8 heteroatoms. The fraction of sp³-hybridized carbons (Fsp3) is 0.346. The number of rotatable bonds is 10. The summed E-state index contributed by atoms with van der Waals surface area (Å²) in [5, 5.41) is 13.5. The number of aromatic nitrogens is 1. The second kappa shape index (κ2) is 11.8. The van der Waals surface area contributed by atoms with Gasteiger partial charge in [-0.05, 0) is 65.8 Å². The maximum atomic E-state index is 12.0. The van der Waals surface area contributed by atoms with Crippen molar-refractivity contribution in [2.24, 2.45) is 16.1 Å². The summed E-state index contributed by atoms with van der Waals surface area (Å²) >= 11 is 6.25. The molecular formula is C26H30ClN3O4. The van der Waals surface area contributed by atoms with Crippen LogP contribution in [0.1, 0.15) is 41.0 Å². The standard InChI is InChI=1S/C26H30ClN3O4/c1-5-19(26(32)33-4)15-30-11-10-20-12-18(7-9-24(20)30)14-29-25(34-28-3)21-8-6-17(2)22(13-21)23(27)16-31/h6-13,19,23,31H,3,5,14-16H2,1-2,4H3. The zero-order valence-electron chi connectivity index (χ0n) is 19.7. The van der Waals surface area contributed by atoms with E-state index in [1.54, 1.807) is 0 Å². The predicted octanol–water partition coefficient (Wildman–Crippen LogP) is 5.00. The van der Waals surface area contributed by atoms with Gasteiger partial charge in [-0.3, -0.25) is 4.79 Å². The van der Waals surface area contributed by atoms with Gasteiger partial charge in [-0.25, -0.2) is 4.99 Å². The molecule has 0 aliphatic heterocycles. The van der Waals surface area contributed by atoms with Crippen molar-refractivity contribution in [2.75, 3.05) is 13.7 Å². The fourth-order valence-electron chi connectivity index (χ4n) is 3.89. The first-order valence-electron chi connectivity index (χ1n) is 11.1. The molecule has 2 aromatic carbocycles. The van der Waals surface area contributed by atoms with Crippen molar-refractivity contribution in [1.29, 1.82) is 0 Å². The fourth-order valence-corrected chi connectivity index (χ4v) is 4.12. The van der Waals surface area contributed by atoms with Crippen molar-refractivity contribution in [2.45, 2.75) is 38.7 Å². The maximum absolute atomic E-state index is 12.0. The summed E-state index contributed by atoms with van der Waals surface area (Å²) in [5.41, 5.74) is 4.51. The van der Waals surface area contributed by atoms with Crippen LogP contribution in [0.25, 0.3) is 10.9 Å². The number of benzene rings is 2. The number of methoxy groups -OCH3 is 1. The van der Waals surface area contributed by atoms with E-state index >= 15 is 0 Å². The Morgan fingerprint density at radius 1 is 1.24 bits per heavy atom. The highest BCUT2D eigenvalue weighted by molar-refractivity contribution is 6.21. The number of nitrogens with zero attached hydrogens (tertiary/aromatic N) is 3. The first-order chi connectivity index (χ1) is 16.4. The molecule has 7 nitrogen and oxygen atoms in total. The zero-order valence-corrected chi connectivity index (χ0v) is 20.5. The minimum absolute atomic E-state index is 0.169. The lowest BCUT2D eigenvalue weighted by molar-refractivity contribution is -0.146. The number of oxime groups is 1. The Morgan fingerprint density at radius 3 is 2.71 bits per heavy atom. The lowest BCUT2D eigenvalue weighted by atomic mass is 10.0. The molecule has 0 amide bonds. The average Bonchev–Trinajstić information content (AvgIpc) is 3.26. The highest BCUT2D eigenvalue weighted by Gasteiger charge is 2.18. The molecule has 180 valence electrons. The number of alkyl halides is 1. The van der Waals surface area contributed by atoms with Crippen molar-refractivity contribution in [3.05, 3.63) is 70.9 Å². The molecule has 0 bridgehead atoms. The summed E-state index contributed by atoms with van der Waals surface area (Å²) < 4.78 is 6.99. The molecule has 2 atom stereocenters. The molecule has 1 N–H and O–H groups in total. The van der Waals surface area contributed by atoms with Gasteiger partial charge in [-0.15, -0.1) is 11.6 Å². The van der Waals surface area contributed by atoms with Crippen molar-refractivity contribution in [3.8, 4) is 0 Å². The highest BCUT2D eigenvalue weighted by atomic mass is 35.5. The third kappa shape index (κ3) is 5.85. The molecule has 34 heavy (non-hydrogen) atoms. The summed E-state index contributed by atoms with van der Waals surface area (Å²) in [7, 11) is 1.42. The molecule has 2 unspecified atom stereocenters. The molecule has 0 spiro atoms. The van der Waals surface area contributed by atoms with E-state index in [4.69, 9.17) is 21.2 Å². The third-order valence-corrected chi connectivity index (χ3v) is 6.23. The molecule has 0 saturated heterocycles. The number of ether oxygens (including phenoxy) is 1. The van der Waals surface area contributed by atoms with E-state index < -0.39 is 5.38 Å². The number of halogens is 1. The normalized spacial score (nSPS) is 13.5. The summed E-state index contributed by atoms with van der Waals surface area (Å²) in [5.74, 6) is -0.0641. The van der Waals surface area contributed by atoms with Gasteiger partial charge < -0.3 is 19.2 Å². The molecule has 0 aliphatic rings. The summed E-state index contributed by atoms with van der Waals surface area (Å²) in [6.45, 7) is 8.10. The molecule has 0 radical (unpaired) electrons. The van der Waals surface area contributed by atoms with Crippen LogP contribution in [-0.4, -0.2) is 42.0 Å². The molecule has 0 saturated carbocycles. The third-order valence-electron chi connectivity index (χ3n) is 5.86. The molecule has 0 aliphatic carbocycles. The van der Waals surface area contributed by atoms with Crippen molar-refractivity contribution >= 4 is 41.1 Å². The minimum Gasteiger partial charge on any atom is -0.469 e. The number of carbonyl (C=O) groups is 1. The monoisotopic (exact) mass is 483 g/mol. The number of aliphatic hydroxyl groups excluding tert-OH is 1. The van der Waals surface area contributed by atoms with E-state index in [2.05, 4.69) is 27.5 Å². The number of hydrogen-bond donors (Lipinski definition) is 1. The van der Waals surface area contributed by atoms with E-state index in [1.165, 1.54) is 7.11 Å². The van der Waals surface area contributed by atoms with Gasteiger partial charge >= 0.3 is 5.97 Å². The second-order valence-electron chi connectivity index (χ2n) is 8.05. The number of esters is 1. The summed E-state index contributed by atoms with van der Waals surface area (Å²) in [6, 6.07) is 13.7. The first kappa shape index (κ1) is 25.5. The van der Waals surface area contributed by atoms with Crippen LogP contribution < -0.4 is 0 Å². The van der Waals surface area contributed by atoms with Crippen LogP contribution >= 0.6 is 11.6 Å². The Kier molecular flexibility index (Phi) is 8.85. The maximum Gasteiger partial charge on any atom is 0.310 e. The summed E-state index contributed by atoms with van der Waals surface area (Å²) in [6.07, 6.45) is 2.69. The van der Waals surface area contributed by atoms with Gasteiger partial charge in [-0.2, -0.15) is 0 Å². The smallest absolute Gasteiger partial charge is 0.310 e. The minimum atomic E-state index is -0.518. The molecular weight excluding hydrogens is 454 g/mol. The topological polar surface area (TPSA) is 85.4 Å². The van der Waals surface area contributed by atoms with Gasteiger partial charge in [-0.1, -0.05) is 24.2 Å². The van der Waals surface area contributed by atoms with Gasteiger partial charge in [0.1, 0.15) is 0 Å². The average molecular weight is 484 g/mol. The van der Waals surface area contributed by atoms with Crippen LogP contribution in [-0.2, 0) is 27.5 Å². The van der Waals surface area contributed by atoms with E-state index in [1.807, 2.05) is 56.4 Å². The molecule has 1 aromatic heterocycles. The lowest BCUT2D eigenvalue weighted by Gasteiger charge is -2.14. The van der Waals surface area contributed by atoms with Crippen LogP contribution in [0.3, 0.4) is 0 Å². The van der Waals surface area contributed by atoms with E-state index in [0.29, 0.717) is 31.0 Å². The SMILES string of the molecule is C=NOC(=NCc1ccc2c(ccn2CC(CC)C(=O)OC)c1)c1ccc(C)c(C(Cl)CO)c1. The van der Waals surface area contributed by atoms with Gasteiger partial charge in [0.25, 0.3) is 5.90 Å². The lowest BCUT2D eigenvalue weighted by Crippen LogP contribution is -2.20. The Morgan fingerprint density at radius 2 is 2.03 bits per heavy atom. The Hall–Kier alpha value is -3.16. The van der Waals surface area contributed by atoms with E-state index in [9.17, 15) is 9.90 Å². The van der Waals surface area contributed by atoms with E-state index in [0.717, 1.165) is 27.6 Å². The van der Waals surface area contributed by atoms with Gasteiger partial charge in [0.2, 0.25) is 0 Å². The van der Waals surface area contributed by atoms with Crippen molar-refractivity contribution in [3.63, 3.8) is 0 Å². The van der Waals surface area contributed by atoms with Crippen molar-refractivity contribution in [1.82, 2.24) is 4.57 Å². The number of hydrogen-bond acceptors (Lipinski definition) is 6. The van der Waals surface area contributed by atoms with Gasteiger partial charge in [0.05, 0.1) is 31.6 Å². The molecule has 1 heterocycles. The van der Waals surface area contributed by atoms with Gasteiger partial charge in [0, 0.05) is 30.5 Å². The van der Waals surface area contributed by atoms with Gasteiger partial charge in [0.15, 0.2) is 0 Å². The molecule has 0 fully saturated rings. The zero-order chi connectivity index (χ0) is 24.7. The Bertz CT molecular complexity index is 1190. The van der Waals surface area contributed by atoms with Crippen molar-refractivity contribution < 1.29 is 19.5 Å². The second-order valence-corrected chi connectivity index (χ2v) is 8.58. The van der Waals surface area contributed by atoms with Crippen LogP contribution in [0.5, 0.6) is 0 Å².